The van der Waals surface area contributed by atoms with Gasteiger partial charge in [-0.3, -0.25) is 0 Å². The lowest BCUT2D eigenvalue weighted by molar-refractivity contribution is 0.514. The molecule has 1 nitrogen and oxygen atoms in total. The first-order valence-corrected chi connectivity index (χ1v) is 6.81. The van der Waals surface area contributed by atoms with Gasteiger partial charge in [-0.2, -0.15) is 11.8 Å². The largest absolute Gasteiger partial charge is 0.316 e. The maximum Gasteiger partial charge on any atom is 0.0189 e. The molecule has 1 saturated carbocycles. The Hall–Kier alpha value is 0.0500. The highest BCUT2D eigenvalue weighted by atomic mass is 32.2. The second-order valence-corrected chi connectivity index (χ2v) is 5.44. The highest BCUT2D eigenvalue weighted by Gasteiger charge is 2.15. The van der Waals surface area contributed by atoms with Crippen molar-refractivity contribution in [2.45, 2.75) is 49.8 Å². The lowest BCUT2D eigenvalue weighted by Crippen LogP contribution is -2.28. The molecule has 1 aliphatic carbocycles. The molecule has 1 unspecified atom stereocenters. The van der Waals surface area contributed by atoms with Gasteiger partial charge in [-0.05, 0) is 26.3 Å². The lowest BCUT2D eigenvalue weighted by Gasteiger charge is -2.23. The normalized spacial score (nSPS) is 20.6. The van der Waals surface area contributed by atoms with E-state index in [1.165, 1.54) is 37.9 Å². The molecule has 0 spiro atoms. The summed E-state index contributed by atoms with van der Waals surface area (Å²) in [5, 5.41) is 4.29. The Kier molecular flexibility index (Phi) is 6.37. The number of nitrogens with one attached hydrogen (secondary N) is 1. The Balaban J connectivity index is 2.13. The highest BCUT2D eigenvalue weighted by molar-refractivity contribution is 7.99. The fourth-order valence-corrected chi connectivity index (χ4v) is 3.43. The summed E-state index contributed by atoms with van der Waals surface area (Å²) in [6.07, 6.45) is 10.3. The van der Waals surface area contributed by atoms with E-state index in [4.69, 9.17) is 0 Å². The molecule has 0 bridgehead atoms. The molecule has 1 atom stereocenters. The zero-order valence-corrected chi connectivity index (χ0v) is 10.1. The van der Waals surface area contributed by atoms with Crippen LogP contribution < -0.4 is 5.32 Å². The number of hydrogen-bond donors (Lipinski definition) is 1. The second-order valence-electron chi connectivity index (χ2n) is 4.10. The van der Waals surface area contributed by atoms with E-state index in [2.05, 4.69) is 30.7 Å². The van der Waals surface area contributed by atoms with Crippen LogP contribution in [0.5, 0.6) is 0 Å². The monoisotopic (exact) mass is 213 g/mol. The fourth-order valence-electron chi connectivity index (χ4n) is 1.95. The predicted molar refractivity (Wildman–Crippen MR) is 67.0 cm³/mol. The molecule has 1 aliphatic rings. The van der Waals surface area contributed by atoms with Gasteiger partial charge < -0.3 is 5.32 Å². The van der Waals surface area contributed by atoms with Crippen molar-refractivity contribution in [3.63, 3.8) is 0 Å². The first kappa shape index (κ1) is 12.1. The predicted octanol–water partition coefficient (Wildman–Crippen LogP) is 3.22. The summed E-state index contributed by atoms with van der Waals surface area (Å²) in [5.41, 5.74) is 0. The van der Waals surface area contributed by atoms with Gasteiger partial charge in [0.1, 0.15) is 0 Å². The van der Waals surface area contributed by atoms with Crippen molar-refractivity contribution in [3.8, 4) is 0 Å². The molecule has 1 N–H and O–H groups in total. The minimum atomic E-state index is 0.624. The summed E-state index contributed by atoms with van der Waals surface area (Å²) < 4.78 is 0. The Morgan fingerprint density at radius 3 is 2.71 bits per heavy atom. The molecular formula is C12H23NS. The van der Waals surface area contributed by atoms with Crippen molar-refractivity contribution in [2.24, 2.45) is 0 Å². The van der Waals surface area contributed by atoms with Crippen LogP contribution in [0.3, 0.4) is 0 Å². The van der Waals surface area contributed by atoms with Crippen molar-refractivity contribution < 1.29 is 0 Å². The van der Waals surface area contributed by atoms with Crippen LogP contribution >= 0.6 is 11.8 Å². The molecule has 0 aromatic rings. The highest BCUT2D eigenvalue weighted by Crippen LogP contribution is 2.28. The van der Waals surface area contributed by atoms with Gasteiger partial charge in [0.25, 0.3) is 0 Å². The van der Waals surface area contributed by atoms with Gasteiger partial charge in [0.2, 0.25) is 0 Å². The summed E-state index contributed by atoms with van der Waals surface area (Å²) in [7, 11) is 2.05. The molecule has 0 amide bonds. The quantitative estimate of drug-likeness (QED) is 0.680. The molecule has 0 radical (unpaired) electrons. The van der Waals surface area contributed by atoms with Crippen molar-refractivity contribution in [1.82, 2.24) is 5.32 Å². The van der Waals surface area contributed by atoms with Crippen LogP contribution in [0.15, 0.2) is 12.7 Å². The molecule has 1 fully saturated rings. The Morgan fingerprint density at radius 1 is 1.43 bits per heavy atom. The summed E-state index contributed by atoms with van der Waals surface area (Å²) in [6, 6.07) is 0.624. The van der Waals surface area contributed by atoms with Crippen LogP contribution in [0.4, 0.5) is 0 Å². The van der Waals surface area contributed by atoms with Crippen LogP contribution in [0.2, 0.25) is 0 Å². The fraction of sp³-hybridized carbons (Fsp3) is 0.833. The van der Waals surface area contributed by atoms with E-state index < -0.39 is 0 Å². The molecule has 0 aromatic carbocycles. The van der Waals surface area contributed by atoms with Crippen LogP contribution in [0.25, 0.3) is 0 Å². The third-order valence-electron chi connectivity index (χ3n) is 2.94. The lowest BCUT2D eigenvalue weighted by atomic mass is 10.0. The van der Waals surface area contributed by atoms with Gasteiger partial charge in [-0.1, -0.05) is 25.3 Å². The second kappa shape index (κ2) is 7.36. The maximum absolute atomic E-state index is 3.79. The third-order valence-corrected chi connectivity index (χ3v) is 4.48. The standard InChI is InChI=1S/C12H23NS/c1-3-7-11(13-2)10-14-12-8-5-4-6-9-12/h3,11-13H,1,4-10H2,2H3. The van der Waals surface area contributed by atoms with Crippen LogP contribution in [-0.2, 0) is 0 Å². The molecule has 0 saturated heterocycles. The molecule has 82 valence electrons. The first-order valence-electron chi connectivity index (χ1n) is 5.76. The van der Waals surface area contributed by atoms with Gasteiger partial charge >= 0.3 is 0 Å². The Labute approximate surface area is 92.7 Å². The third kappa shape index (κ3) is 4.52. The Morgan fingerprint density at radius 2 is 2.14 bits per heavy atom. The van der Waals surface area contributed by atoms with E-state index in [1.54, 1.807) is 0 Å². The van der Waals surface area contributed by atoms with E-state index in [9.17, 15) is 0 Å². The number of hydrogen-bond acceptors (Lipinski definition) is 2. The Bertz CT molecular complexity index is 152. The average molecular weight is 213 g/mol. The maximum atomic E-state index is 3.79. The first-order chi connectivity index (χ1) is 6.86. The van der Waals surface area contributed by atoms with Crippen molar-refractivity contribution in [1.29, 1.82) is 0 Å². The minimum Gasteiger partial charge on any atom is -0.316 e. The van der Waals surface area contributed by atoms with Gasteiger partial charge in [0.05, 0.1) is 0 Å². The van der Waals surface area contributed by atoms with E-state index in [1.807, 2.05) is 6.08 Å². The summed E-state index contributed by atoms with van der Waals surface area (Å²) in [6.45, 7) is 3.79. The number of rotatable bonds is 6. The molecule has 1 rings (SSSR count). The van der Waals surface area contributed by atoms with Gasteiger partial charge in [0, 0.05) is 17.0 Å². The smallest absolute Gasteiger partial charge is 0.0189 e. The van der Waals surface area contributed by atoms with E-state index >= 15 is 0 Å². The van der Waals surface area contributed by atoms with E-state index in [0.29, 0.717) is 6.04 Å². The van der Waals surface area contributed by atoms with Gasteiger partial charge in [0.15, 0.2) is 0 Å². The van der Waals surface area contributed by atoms with E-state index in [0.717, 1.165) is 11.7 Å². The molecule has 2 heteroatoms. The number of thioether (sulfide) groups is 1. The molecular weight excluding hydrogens is 190 g/mol. The molecule has 0 heterocycles. The molecule has 0 aromatic heterocycles. The van der Waals surface area contributed by atoms with Crippen molar-refractivity contribution >= 4 is 11.8 Å². The zero-order valence-electron chi connectivity index (χ0n) is 9.30. The SMILES string of the molecule is C=CCC(CSC1CCCCC1)NC. The average Bonchev–Trinajstić information content (AvgIpc) is 2.25. The van der Waals surface area contributed by atoms with Crippen LogP contribution in [-0.4, -0.2) is 24.1 Å². The van der Waals surface area contributed by atoms with Crippen molar-refractivity contribution in [3.05, 3.63) is 12.7 Å². The van der Waals surface area contributed by atoms with Crippen LogP contribution in [0.1, 0.15) is 38.5 Å². The summed E-state index contributed by atoms with van der Waals surface area (Å²) in [4.78, 5) is 0. The zero-order chi connectivity index (χ0) is 10.2. The topological polar surface area (TPSA) is 12.0 Å². The summed E-state index contributed by atoms with van der Waals surface area (Å²) in [5.74, 6) is 1.24. The molecule has 0 aliphatic heterocycles. The van der Waals surface area contributed by atoms with Crippen LogP contribution in [0, 0.1) is 0 Å². The van der Waals surface area contributed by atoms with Gasteiger partial charge in [-0.25, -0.2) is 0 Å². The van der Waals surface area contributed by atoms with Gasteiger partial charge in [-0.15, -0.1) is 6.58 Å². The summed E-state index contributed by atoms with van der Waals surface area (Å²) >= 11 is 2.16. The minimum absolute atomic E-state index is 0.624. The molecule has 14 heavy (non-hydrogen) atoms. The van der Waals surface area contributed by atoms with E-state index in [-0.39, 0.29) is 0 Å². The van der Waals surface area contributed by atoms with Crippen molar-refractivity contribution in [2.75, 3.05) is 12.8 Å².